The highest BCUT2D eigenvalue weighted by Crippen LogP contribution is 2.32. The zero-order valence-electron chi connectivity index (χ0n) is 15.1. The fraction of sp³-hybridized carbons (Fsp3) is 0.611. The summed E-state index contributed by atoms with van der Waals surface area (Å²) in [5.74, 6) is 0.274. The van der Waals surface area contributed by atoms with Crippen molar-refractivity contribution in [3.05, 3.63) is 29.8 Å². The van der Waals surface area contributed by atoms with Crippen LogP contribution < -0.4 is 11.1 Å². The third-order valence-corrected chi connectivity index (χ3v) is 6.37. The van der Waals surface area contributed by atoms with E-state index in [1.165, 1.54) is 16.4 Å². The van der Waals surface area contributed by atoms with Crippen LogP contribution in [0, 0.1) is 5.92 Å². The Morgan fingerprint density at radius 1 is 1.20 bits per heavy atom. The summed E-state index contributed by atoms with van der Waals surface area (Å²) in [6.07, 6.45) is 3.73. The van der Waals surface area contributed by atoms with E-state index in [2.05, 4.69) is 5.32 Å². The van der Waals surface area contributed by atoms with Crippen molar-refractivity contribution < 1.29 is 13.2 Å². The molecule has 1 aromatic rings. The third-order valence-electron chi connectivity index (χ3n) is 4.46. The third kappa shape index (κ3) is 5.03. The van der Waals surface area contributed by atoms with Gasteiger partial charge in [-0.05, 0) is 55.9 Å². The van der Waals surface area contributed by atoms with Crippen LogP contribution in [0.25, 0.3) is 0 Å². The molecule has 6 nitrogen and oxygen atoms in total. The van der Waals surface area contributed by atoms with Crippen molar-refractivity contribution in [3.8, 4) is 0 Å². The van der Waals surface area contributed by atoms with Crippen LogP contribution in [0.1, 0.15) is 49.9 Å². The lowest BCUT2D eigenvalue weighted by Gasteiger charge is -2.21. The lowest BCUT2D eigenvalue weighted by molar-refractivity contribution is 0.0933. The van der Waals surface area contributed by atoms with Crippen molar-refractivity contribution in [2.24, 2.45) is 11.7 Å². The predicted molar refractivity (Wildman–Crippen MR) is 98.8 cm³/mol. The maximum absolute atomic E-state index is 12.7. The molecule has 0 saturated heterocycles. The molecule has 1 fully saturated rings. The van der Waals surface area contributed by atoms with E-state index in [9.17, 15) is 13.2 Å². The smallest absolute Gasteiger partial charge is 0.251 e. The second-order valence-electron chi connectivity index (χ2n) is 6.58. The summed E-state index contributed by atoms with van der Waals surface area (Å²) >= 11 is 0. The van der Waals surface area contributed by atoms with Gasteiger partial charge < -0.3 is 11.1 Å². The number of benzene rings is 1. The van der Waals surface area contributed by atoms with Crippen LogP contribution in [-0.2, 0) is 10.0 Å². The van der Waals surface area contributed by atoms with E-state index in [4.69, 9.17) is 5.73 Å². The Labute approximate surface area is 150 Å². The molecule has 140 valence electrons. The Hall–Kier alpha value is -1.44. The number of nitrogens with one attached hydrogen (secondary N) is 1. The second-order valence-corrected chi connectivity index (χ2v) is 8.52. The van der Waals surface area contributed by atoms with E-state index in [1.807, 2.05) is 13.8 Å². The van der Waals surface area contributed by atoms with E-state index in [-0.39, 0.29) is 16.8 Å². The molecule has 0 aromatic heterocycles. The molecular formula is C18H29N3O3S. The Bertz CT molecular complexity index is 663. The van der Waals surface area contributed by atoms with Crippen molar-refractivity contribution >= 4 is 15.9 Å². The van der Waals surface area contributed by atoms with Crippen LogP contribution >= 0.6 is 0 Å². The predicted octanol–water partition coefficient (Wildman–Crippen LogP) is 1.96. The van der Waals surface area contributed by atoms with Gasteiger partial charge in [-0.1, -0.05) is 13.8 Å². The van der Waals surface area contributed by atoms with Crippen LogP contribution in [0.2, 0.25) is 0 Å². The number of sulfonamides is 1. The number of nitrogens with two attached hydrogens (primary N) is 1. The fourth-order valence-corrected chi connectivity index (χ4v) is 4.52. The molecule has 2 rings (SSSR count). The van der Waals surface area contributed by atoms with Gasteiger partial charge in [-0.2, -0.15) is 4.31 Å². The molecule has 1 amide bonds. The molecule has 0 radical (unpaired) electrons. The molecule has 1 aliphatic carbocycles. The number of nitrogens with zero attached hydrogens (tertiary/aromatic N) is 1. The first kappa shape index (κ1) is 19.9. The van der Waals surface area contributed by atoms with E-state index in [1.54, 1.807) is 12.1 Å². The molecular weight excluding hydrogens is 338 g/mol. The van der Waals surface area contributed by atoms with E-state index in [0.717, 1.165) is 25.7 Å². The van der Waals surface area contributed by atoms with Gasteiger partial charge in [0.2, 0.25) is 10.0 Å². The van der Waals surface area contributed by atoms with Crippen LogP contribution in [0.4, 0.5) is 0 Å². The minimum atomic E-state index is -3.52. The number of hydrogen-bond acceptors (Lipinski definition) is 4. The lowest BCUT2D eigenvalue weighted by Crippen LogP contribution is -2.41. The lowest BCUT2D eigenvalue weighted by atomic mass is 10.1. The zero-order chi connectivity index (χ0) is 18.4. The molecule has 1 aromatic carbocycles. The van der Waals surface area contributed by atoms with Gasteiger partial charge in [0.15, 0.2) is 0 Å². The van der Waals surface area contributed by atoms with Crippen LogP contribution in [0.3, 0.4) is 0 Å². The second kappa shape index (κ2) is 8.78. The molecule has 0 spiro atoms. The number of amides is 1. The summed E-state index contributed by atoms with van der Waals surface area (Å²) in [4.78, 5) is 12.5. The van der Waals surface area contributed by atoms with Gasteiger partial charge in [-0.25, -0.2) is 8.42 Å². The maximum Gasteiger partial charge on any atom is 0.251 e. The molecule has 0 aliphatic heterocycles. The van der Waals surface area contributed by atoms with Crippen LogP contribution in [0.15, 0.2) is 29.2 Å². The molecule has 3 N–H and O–H groups in total. The Morgan fingerprint density at radius 3 is 2.20 bits per heavy atom. The monoisotopic (exact) mass is 367 g/mol. The highest BCUT2D eigenvalue weighted by Gasteiger charge is 2.31. The molecule has 1 saturated carbocycles. The van der Waals surface area contributed by atoms with Gasteiger partial charge in [-0.15, -0.1) is 0 Å². The first-order valence-corrected chi connectivity index (χ1v) is 10.5. The molecule has 7 heteroatoms. The fourth-order valence-electron chi connectivity index (χ4n) is 2.90. The summed E-state index contributed by atoms with van der Waals surface area (Å²) in [7, 11) is -3.52. The van der Waals surface area contributed by atoms with Gasteiger partial charge in [0.25, 0.3) is 5.91 Å². The van der Waals surface area contributed by atoms with Crippen molar-refractivity contribution in [1.29, 1.82) is 0 Å². The summed E-state index contributed by atoms with van der Waals surface area (Å²) < 4.78 is 26.9. The topological polar surface area (TPSA) is 92.5 Å². The van der Waals surface area contributed by atoms with Gasteiger partial charge in [0.05, 0.1) is 4.90 Å². The first-order valence-electron chi connectivity index (χ1n) is 9.05. The van der Waals surface area contributed by atoms with E-state index >= 15 is 0 Å². The Balaban J connectivity index is 2.10. The molecule has 0 bridgehead atoms. The van der Waals surface area contributed by atoms with Crippen molar-refractivity contribution in [3.63, 3.8) is 0 Å². The molecule has 25 heavy (non-hydrogen) atoms. The summed E-state index contributed by atoms with van der Waals surface area (Å²) in [5, 5.41) is 2.94. The first-order chi connectivity index (χ1) is 11.9. The van der Waals surface area contributed by atoms with E-state index < -0.39 is 10.0 Å². The quantitative estimate of drug-likeness (QED) is 0.661. The summed E-state index contributed by atoms with van der Waals surface area (Å²) in [6.45, 7) is 5.33. The van der Waals surface area contributed by atoms with Gasteiger partial charge in [-0.3, -0.25) is 4.79 Å². The standard InChI is InChI=1S/C18H29N3O3S/c1-3-11-21(12-4-2)25(23,24)16-9-7-15(8-10-16)18(22)20-17(13-19)14-5-6-14/h7-10,14,17H,3-6,11-13,19H2,1-2H3,(H,20,22). The average Bonchev–Trinajstić information content (AvgIpc) is 3.44. The van der Waals surface area contributed by atoms with E-state index in [0.29, 0.717) is 31.1 Å². The van der Waals surface area contributed by atoms with Crippen molar-refractivity contribution in [2.45, 2.75) is 50.5 Å². The number of rotatable bonds is 10. The minimum absolute atomic E-state index is 0.000471. The molecule has 1 atom stereocenters. The highest BCUT2D eigenvalue weighted by molar-refractivity contribution is 7.89. The molecule has 1 aliphatic rings. The largest absolute Gasteiger partial charge is 0.348 e. The number of carbonyl (C=O) groups is 1. The Kier molecular flexibility index (Phi) is 6.98. The summed E-state index contributed by atoms with van der Waals surface area (Å²) in [5.41, 5.74) is 6.17. The van der Waals surface area contributed by atoms with Crippen molar-refractivity contribution in [1.82, 2.24) is 9.62 Å². The van der Waals surface area contributed by atoms with Gasteiger partial charge >= 0.3 is 0 Å². The number of hydrogen-bond donors (Lipinski definition) is 2. The minimum Gasteiger partial charge on any atom is -0.348 e. The van der Waals surface area contributed by atoms with Gasteiger partial charge in [0, 0.05) is 31.2 Å². The Morgan fingerprint density at radius 2 is 1.76 bits per heavy atom. The highest BCUT2D eigenvalue weighted by atomic mass is 32.2. The molecule has 0 heterocycles. The van der Waals surface area contributed by atoms with Crippen molar-refractivity contribution in [2.75, 3.05) is 19.6 Å². The normalized spacial score (nSPS) is 16.0. The summed E-state index contributed by atoms with van der Waals surface area (Å²) in [6, 6.07) is 6.16. The maximum atomic E-state index is 12.7. The molecule has 1 unspecified atom stereocenters. The SMILES string of the molecule is CCCN(CCC)S(=O)(=O)c1ccc(C(=O)NC(CN)C2CC2)cc1. The van der Waals surface area contributed by atoms with Gasteiger partial charge in [0.1, 0.15) is 0 Å². The van der Waals surface area contributed by atoms with Crippen LogP contribution in [0.5, 0.6) is 0 Å². The number of carbonyl (C=O) groups excluding carboxylic acids is 1. The zero-order valence-corrected chi connectivity index (χ0v) is 15.9. The van der Waals surface area contributed by atoms with Crippen LogP contribution in [-0.4, -0.2) is 44.3 Å². The average molecular weight is 368 g/mol.